The van der Waals surface area contributed by atoms with E-state index in [-0.39, 0.29) is 5.84 Å². The highest BCUT2D eigenvalue weighted by Gasteiger charge is 2.16. The molecular formula is C14H19ClN2O2. The maximum absolute atomic E-state index is 8.60. The Kier molecular flexibility index (Phi) is 5.05. The molecule has 104 valence electrons. The van der Waals surface area contributed by atoms with E-state index in [4.69, 9.17) is 27.3 Å². The van der Waals surface area contributed by atoms with Crippen LogP contribution in [-0.2, 0) is 11.3 Å². The number of hydrogen-bond acceptors (Lipinski definition) is 3. The zero-order valence-corrected chi connectivity index (χ0v) is 11.6. The van der Waals surface area contributed by atoms with Gasteiger partial charge in [-0.3, -0.25) is 0 Å². The predicted octanol–water partition coefficient (Wildman–Crippen LogP) is 3.14. The maximum atomic E-state index is 8.60. The summed E-state index contributed by atoms with van der Waals surface area (Å²) in [6.07, 6.45) is 5.20. The van der Waals surface area contributed by atoms with Gasteiger partial charge in [0.25, 0.3) is 0 Å². The van der Waals surface area contributed by atoms with E-state index in [1.54, 1.807) is 12.1 Å². The molecule has 1 aromatic carbocycles. The van der Waals surface area contributed by atoms with E-state index in [9.17, 15) is 0 Å². The van der Waals surface area contributed by atoms with Crippen molar-refractivity contribution in [3.63, 3.8) is 0 Å². The smallest absolute Gasteiger partial charge is 0.170 e. The van der Waals surface area contributed by atoms with Gasteiger partial charge in [0.1, 0.15) is 0 Å². The van der Waals surface area contributed by atoms with Crippen LogP contribution in [0.25, 0.3) is 0 Å². The second-order valence-corrected chi connectivity index (χ2v) is 5.34. The largest absolute Gasteiger partial charge is 0.409 e. The lowest BCUT2D eigenvalue weighted by molar-refractivity contribution is 0.0950. The van der Waals surface area contributed by atoms with Gasteiger partial charge >= 0.3 is 0 Å². The standard InChI is InChI=1S/C14H19ClN2O2/c15-13-8-11(14(16)17-18)4-5-12(13)9-19-7-6-10-2-1-3-10/h4-5,8,10,18H,1-3,6-7,9H2,(H2,16,17). The Morgan fingerprint density at radius 3 is 2.84 bits per heavy atom. The lowest BCUT2D eigenvalue weighted by Crippen LogP contribution is -2.14. The Hall–Kier alpha value is -1.26. The second-order valence-electron chi connectivity index (χ2n) is 4.93. The van der Waals surface area contributed by atoms with Crippen LogP contribution in [0.5, 0.6) is 0 Å². The Morgan fingerprint density at radius 1 is 1.47 bits per heavy atom. The third-order valence-corrected chi connectivity index (χ3v) is 3.96. The van der Waals surface area contributed by atoms with Crippen LogP contribution in [0.15, 0.2) is 23.4 Å². The van der Waals surface area contributed by atoms with Crippen LogP contribution in [0, 0.1) is 5.92 Å². The zero-order chi connectivity index (χ0) is 13.7. The molecule has 1 aromatic rings. The number of oxime groups is 1. The van der Waals surface area contributed by atoms with Crippen LogP contribution in [0.4, 0.5) is 0 Å². The number of nitrogens with zero attached hydrogens (tertiary/aromatic N) is 1. The third-order valence-electron chi connectivity index (χ3n) is 3.61. The molecule has 0 atom stereocenters. The minimum absolute atomic E-state index is 0.0550. The van der Waals surface area contributed by atoms with Gasteiger partial charge in [0, 0.05) is 17.2 Å². The lowest BCUT2D eigenvalue weighted by atomic mass is 9.83. The highest BCUT2D eigenvalue weighted by Crippen LogP contribution is 2.29. The minimum Gasteiger partial charge on any atom is -0.409 e. The van der Waals surface area contributed by atoms with Crippen molar-refractivity contribution in [2.75, 3.05) is 6.61 Å². The average molecular weight is 283 g/mol. The van der Waals surface area contributed by atoms with Gasteiger partial charge < -0.3 is 15.7 Å². The molecule has 0 heterocycles. The fraction of sp³-hybridized carbons (Fsp3) is 0.500. The second kappa shape index (κ2) is 6.78. The molecule has 3 N–H and O–H groups in total. The van der Waals surface area contributed by atoms with Crippen molar-refractivity contribution < 1.29 is 9.94 Å². The number of ether oxygens (including phenoxy) is 1. The van der Waals surface area contributed by atoms with Crippen molar-refractivity contribution in [1.29, 1.82) is 0 Å². The Balaban J connectivity index is 1.82. The summed E-state index contributed by atoms with van der Waals surface area (Å²) in [7, 11) is 0. The predicted molar refractivity (Wildman–Crippen MR) is 75.6 cm³/mol. The Labute approximate surface area is 118 Å². The van der Waals surface area contributed by atoms with Crippen molar-refractivity contribution in [3.05, 3.63) is 34.3 Å². The van der Waals surface area contributed by atoms with Crippen molar-refractivity contribution in [2.24, 2.45) is 16.8 Å². The summed E-state index contributed by atoms with van der Waals surface area (Å²) in [6.45, 7) is 1.28. The molecule has 0 saturated heterocycles. The molecule has 0 radical (unpaired) electrons. The van der Waals surface area contributed by atoms with E-state index in [1.165, 1.54) is 19.3 Å². The Bertz CT molecular complexity index is 459. The molecule has 0 amide bonds. The number of nitrogens with two attached hydrogens (primary N) is 1. The molecule has 0 aromatic heterocycles. The van der Waals surface area contributed by atoms with E-state index in [2.05, 4.69) is 5.16 Å². The number of hydrogen-bond donors (Lipinski definition) is 2. The van der Waals surface area contributed by atoms with Crippen LogP contribution >= 0.6 is 11.6 Å². The van der Waals surface area contributed by atoms with E-state index in [0.717, 1.165) is 24.5 Å². The number of amidine groups is 1. The van der Waals surface area contributed by atoms with Gasteiger partial charge in [0.2, 0.25) is 0 Å². The topological polar surface area (TPSA) is 67.8 Å². The van der Waals surface area contributed by atoms with Gasteiger partial charge in [0.05, 0.1) is 6.61 Å². The highest BCUT2D eigenvalue weighted by molar-refractivity contribution is 6.31. The molecule has 0 bridgehead atoms. The first kappa shape index (κ1) is 14.2. The van der Waals surface area contributed by atoms with Crippen LogP contribution < -0.4 is 5.73 Å². The summed E-state index contributed by atoms with van der Waals surface area (Å²) < 4.78 is 5.64. The van der Waals surface area contributed by atoms with Crippen LogP contribution in [0.3, 0.4) is 0 Å². The van der Waals surface area contributed by atoms with Crippen molar-refractivity contribution in [3.8, 4) is 0 Å². The molecule has 1 saturated carbocycles. The lowest BCUT2D eigenvalue weighted by Gasteiger charge is -2.24. The molecule has 4 nitrogen and oxygen atoms in total. The fourth-order valence-electron chi connectivity index (χ4n) is 2.10. The van der Waals surface area contributed by atoms with Crippen LogP contribution in [0.2, 0.25) is 5.02 Å². The first-order valence-electron chi connectivity index (χ1n) is 6.54. The number of benzene rings is 1. The summed E-state index contributed by atoms with van der Waals surface area (Å²) in [5.41, 5.74) is 7.02. The normalized spacial score (nSPS) is 16.4. The molecule has 1 aliphatic carbocycles. The van der Waals surface area contributed by atoms with Crippen molar-refractivity contribution in [2.45, 2.75) is 32.3 Å². The maximum Gasteiger partial charge on any atom is 0.170 e. The molecule has 1 aliphatic rings. The molecule has 5 heteroatoms. The van der Waals surface area contributed by atoms with Gasteiger partial charge in [-0.1, -0.05) is 48.2 Å². The number of halogens is 1. The zero-order valence-electron chi connectivity index (χ0n) is 10.8. The van der Waals surface area contributed by atoms with Gasteiger partial charge in [0.15, 0.2) is 5.84 Å². The summed E-state index contributed by atoms with van der Waals surface area (Å²) in [5, 5.41) is 12.1. The molecule has 0 aliphatic heterocycles. The summed E-state index contributed by atoms with van der Waals surface area (Å²) in [6, 6.07) is 5.30. The van der Waals surface area contributed by atoms with E-state index < -0.39 is 0 Å². The monoisotopic (exact) mass is 282 g/mol. The first-order chi connectivity index (χ1) is 9.20. The molecule has 2 rings (SSSR count). The van der Waals surface area contributed by atoms with Gasteiger partial charge in [-0.05, 0) is 24.0 Å². The summed E-state index contributed by atoms with van der Waals surface area (Å²) in [4.78, 5) is 0. The van der Waals surface area contributed by atoms with E-state index in [0.29, 0.717) is 17.2 Å². The molecule has 1 fully saturated rings. The molecule has 0 spiro atoms. The molecular weight excluding hydrogens is 264 g/mol. The quantitative estimate of drug-likeness (QED) is 0.277. The summed E-state index contributed by atoms with van der Waals surface area (Å²) in [5.74, 6) is 0.915. The van der Waals surface area contributed by atoms with Crippen LogP contribution in [-0.4, -0.2) is 17.6 Å². The van der Waals surface area contributed by atoms with Crippen molar-refractivity contribution >= 4 is 17.4 Å². The van der Waals surface area contributed by atoms with Gasteiger partial charge in [-0.2, -0.15) is 0 Å². The van der Waals surface area contributed by atoms with Gasteiger partial charge in [-0.25, -0.2) is 0 Å². The van der Waals surface area contributed by atoms with E-state index >= 15 is 0 Å². The molecule has 0 unspecified atom stereocenters. The minimum atomic E-state index is 0.0550. The molecule has 19 heavy (non-hydrogen) atoms. The Morgan fingerprint density at radius 2 is 2.26 bits per heavy atom. The fourth-order valence-corrected chi connectivity index (χ4v) is 2.33. The van der Waals surface area contributed by atoms with Crippen LogP contribution in [0.1, 0.15) is 36.8 Å². The third kappa shape index (κ3) is 3.85. The van der Waals surface area contributed by atoms with E-state index in [1.807, 2.05) is 6.07 Å². The highest BCUT2D eigenvalue weighted by atomic mass is 35.5. The SMILES string of the molecule is N/C(=N/O)c1ccc(COCCC2CCC2)c(Cl)c1. The van der Waals surface area contributed by atoms with Crippen molar-refractivity contribution in [1.82, 2.24) is 0 Å². The number of rotatable bonds is 6. The summed E-state index contributed by atoms with van der Waals surface area (Å²) >= 11 is 6.14. The first-order valence-corrected chi connectivity index (χ1v) is 6.92. The average Bonchev–Trinajstić information content (AvgIpc) is 2.37. The van der Waals surface area contributed by atoms with Gasteiger partial charge in [-0.15, -0.1) is 0 Å².